The second-order valence-electron chi connectivity index (χ2n) is 6.64. The number of carbonyl (C=O) groups excluding carboxylic acids is 1. The molecule has 0 spiro atoms. The van der Waals surface area contributed by atoms with E-state index in [1.807, 2.05) is 46.8 Å². The van der Waals surface area contributed by atoms with Crippen LogP contribution in [-0.4, -0.2) is 42.5 Å². The second-order valence-corrected chi connectivity index (χ2v) is 6.64. The predicted molar refractivity (Wildman–Crippen MR) is 86.3 cm³/mol. The van der Waals surface area contributed by atoms with Gasteiger partial charge in [0, 0.05) is 12.1 Å². The maximum Gasteiger partial charge on any atom is 0.494 e. The maximum atomic E-state index is 12.0. The highest BCUT2D eigenvalue weighted by molar-refractivity contribution is 6.62. The Kier molecular flexibility index (Phi) is 4.66. The molecule has 1 aromatic carbocycles. The number of amides is 1. The molecule has 0 radical (unpaired) electrons. The highest BCUT2D eigenvalue weighted by Gasteiger charge is 2.51. The van der Waals surface area contributed by atoms with Crippen molar-refractivity contribution in [1.82, 2.24) is 5.32 Å². The van der Waals surface area contributed by atoms with Gasteiger partial charge in [-0.2, -0.15) is 0 Å². The van der Waals surface area contributed by atoms with Gasteiger partial charge in [-0.3, -0.25) is 4.79 Å². The molecule has 1 fully saturated rings. The van der Waals surface area contributed by atoms with Gasteiger partial charge in [0.25, 0.3) is 5.91 Å². The van der Waals surface area contributed by atoms with Crippen molar-refractivity contribution in [3.05, 3.63) is 29.3 Å². The number of nitrogens with one attached hydrogen (secondary N) is 1. The molecule has 120 valence electrons. The predicted octanol–water partition coefficient (Wildman–Crippen LogP) is 1.02. The van der Waals surface area contributed by atoms with Crippen molar-refractivity contribution >= 4 is 18.5 Å². The molecule has 0 bridgehead atoms. The molecule has 22 heavy (non-hydrogen) atoms. The van der Waals surface area contributed by atoms with E-state index in [0.29, 0.717) is 5.56 Å². The molecule has 1 amide bonds. The van der Waals surface area contributed by atoms with Crippen LogP contribution in [-0.2, 0) is 9.31 Å². The molecule has 2 N–H and O–H groups in total. The lowest BCUT2D eigenvalue weighted by molar-refractivity contribution is 0.00578. The van der Waals surface area contributed by atoms with E-state index in [-0.39, 0.29) is 30.3 Å². The van der Waals surface area contributed by atoms with Gasteiger partial charge in [-0.1, -0.05) is 12.1 Å². The Morgan fingerprint density at radius 1 is 1.23 bits per heavy atom. The topological polar surface area (TPSA) is 67.8 Å². The molecule has 0 atom stereocenters. The van der Waals surface area contributed by atoms with Gasteiger partial charge in [-0.25, -0.2) is 0 Å². The fourth-order valence-corrected chi connectivity index (χ4v) is 2.33. The lowest BCUT2D eigenvalue weighted by Crippen LogP contribution is -2.41. The summed E-state index contributed by atoms with van der Waals surface area (Å²) in [6, 6.07) is 5.53. The first-order valence-corrected chi connectivity index (χ1v) is 7.53. The normalized spacial score (nSPS) is 19.3. The number of rotatable bonds is 4. The number of hydrogen-bond donors (Lipinski definition) is 2. The molecule has 1 saturated heterocycles. The zero-order chi connectivity index (χ0) is 16.5. The lowest BCUT2D eigenvalue weighted by Gasteiger charge is -2.32. The number of benzene rings is 1. The van der Waals surface area contributed by atoms with E-state index >= 15 is 0 Å². The largest absolute Gasteiger partial charge is 0.494 e. The summed E-state index contributed by atoms with van der Waals surface area (Å²) in [6.07, 6.45) is 0. The van der Waals surface area contributed by atoms with Crippen LogP contribution in [0.5, 0.6) is 0 Å². The van der Waals surface area contributed by atoms with Crippen molar-refractivity contribution in [2.24, 2.45) is 0 Å². The summed E-state index contributed by atoms with van der Waals surface area (Å²) in [6.45, 7) is 10.1. The van der Waals surface area contributed by atoms with Crippen LogP contribution in [0.3, 0.4) is 0 Å². The van der Waals surface area contributed by atoms with Crippen molar-refractivity contribution in [1.29, 1.82) is 0 Å². The Bertz CT molecular complexity index is 555. The van der Waals surface area contributed by atoms with Crippen molar-refractivity contribution < 1.29 is 19.2 Å². The number of aryl methyl sites for hydroxylation is 1. The van der Waals surface area contributed by atoms with E-state index in [0.717, 1.165) is 11.0 Å². The molecule has 1 aliphatic rings. The summed E-state index contributed by atoms with van der Waals surface area (Å²) in [5, 5.41) is 11.4. The van der Waals surface area contributed by atoms with E-state index in [2.05, 4.69) is 5.32 Å². The van der Waals surface area contributed by atoms with Crippen LogP contribution < -0.4 is 10.8 Å². The SMILES string of the molecule is Cc1cc(B2OC(C)(C)C(C)(C)O2)ccc1C(=O)NCCO. The van der Waals surface area contributed by atoms with Crippen LogP contribution in [0.25, 0.3) is 0 Å². The third-order valence-electron chi connectivity index (χ3n) is 4.42. The van der Waals surface area contributed by atoms with Crippen LogP contribution in [0.2, 0.25) is 0 Å². The summed E-state index contributed by atoms with van der Waals surface area (Å²) in [5.74, 6) is -0.188. The average molecular weight is 305 g/mol. The minimum absolute atomic E-state index is 0.0726. The van der Waals surface area contributed by atoms with Crippen molar-refractivity contribution in [3.63, 3.8) is 0 Å². The summed E-state index contributed by atoms with van der Waals surface area (Å²) in [4.78, 5) is 12.0. The molecule has 0 aliphatic carbocycles. The Balaban J connectivity index is 2.19. The van der Waals surface area contributed by atoms with Crippen molar-refractivity contribution in [2.75, 3.05) is 13.2 Å². The molecule has 0 aromatic heterocycles. The first kappa shape index (κ1) is 17.0. The summed E-state index contributed by atoms with van der Waals surface area (Å²) < 4.78 is 12.0. The Morgan fingerprint density at radius 3 is 2.32 bits per heavy atom. The van der Waals surface area contributed by atoms with Gasteiger partial charge in [0.15, 0.2) is 0 Å². The zero-order valence-corrected chi connectivity index (χ0v) is 13.9. The monoisotopic (exact) mass is 305 g/mol. The van der Waals surface area contributed by atoms with Crippen LogP contribution >= 0.6 is 0 Å². The van der Waals surface area contributed by atoms with Crippen LogP contribution in [0.1, 0.15) is 43.6 Å². The summed E-state index contributed by atoms with van der Waals surface area (Å²) >= 11 is 0. The van der Waals surface area contributed by atoms with E-state index in [9.17, 15) is 4.79 Å². The highest BCUT2D eigenvalue weighted by Crippen LogP contribution is 2.36. The Labute approximate surface area is 132 Å². The van der Waals surface area contributed by atoms with E-state index in [1.54, 1.807) is 6.07 Å². The number of carbonyl (C=O) groups is 1. The number of aliphatic hydroxyl groups is 1. The van der Waals surface area contributed by atoms with Gasteiger partial charge in [-0.15, -0.1) is 0 Å². The molecular formula is C16H24BNO4. The minimum Gasteiger partial charge on any atom is -0.399 e. The second kappa shape index (κ2) is 6.03. The smallest absolute Gasteiger partial charge is 0.399 e. The Hall–Kier alpha value is -1.37. The molecule has 5 nitrogen and oxygen atoms in total. The Morgan fingerprint density at radius 2 is 1.82 bits per heavy atom. The summed E-state index contributed by atoms with van der Waals surface area (Å²) in [5.41, 5.74) is 1.57. The first-order valence-electron chi connectivity index (χ1n) is 7.53. The molecule has 1 aliphatic heterocycles. The van der Waals surface area contributed by atoms with Gasteiger partial charge in [-0.05, 0) is 51.7 Å². The zero-order valence-electron chi connectivity index (χ0n) is 13.9. The van der Waals surface area contributed by atoms with Gasteiger partial charge in [0.05, 0.1) is 17.8 Å². The van der Waals surface area contributed by atoms with Gasteiger partial charge in [0.1, 0.15) is 0 Å². The average Bonchev–Trinajstić information content (AvgIpc) is 2.64. The third-order valence-corrected chi connectivity index (χ3v) is 4.42. The van der Waals surface area contributed by atoms with Crippen molar-refractivity contribution in [3.8, 4) is 0 Å². The van der Waals surface area contributed by atoms with Gasteiger partial charge >= 0.3 is 7.12 Å². The van der Waals surface area contributed by atoms with E-state index < -0.39 is 7.12 Å². The standard InChI is InChI=1S/C16H24BNO4/c1-11-10-12(6-7-13(11)14(20)18-8-9-19)17-21-15(2,3)16(4,5)22-17/h6-7,10,19H,8-9H2,1-5H3,(H,18,20). The molecule has 1 heterocycles. The van der Waals surface area contributed by atoms with Crippen LogP contribution in [0.4, 0.5) is 0 Å². The van der Waals surface area contributed by atoms with Gasteiger partial charge in [0.2, 0.25) is 0 Å². The molecule has 2 rings (SSSR count). The first-order chi connectivity index (χ1) is 10.2. The van der Waals surface area contributed by atoms with Crippen LogP contribution in [0.15, 0.2) is 18.2 Å². The third kappa shape index (κ3) is 3.19. The number of aliphatic hydroxyl groups excluding tert-OH is 1. The van der Waals surface area contributed by atoms with E-state index in [1.165, 1.54) is 0 Å². The summed E-state index contributed by atoms with van der Waals surface area (Å²) in [7, 11) is -0.432. The van der Waals surface area contributed by atoms with E-state index in [4.69, 9.17) is 14.4 Å². The fourth-order valence-electron chi connectivity index (χ4n) is 2.33. The van der Waals surface area contributed by atoms with Crippen LogP contribution in [0, 0.1) is 6.92 Å². The maximum absolute atomic E-state index is 12.0. The lowest BCUT2D eigenvalue weighted by atomic mass is 9.78. The highest BCUT2D eigenvalue weighted by atomic mass is 16.7. The minimum atomic E-state index is -0.432. The van der Waals surface area contributed by atoms with Gasteiger partial charge < -0.3 is 19.7 Å². The van der Waals surface area contributed by atoms with Crippen molar-refractivity contribution in [2.45, 2.75) is 45.8 Å². The molecular weight excluding hydrogens is 281 g/mol. The molecule has 6 heteroatoms. The quantitative estimate of drug-likeness (QED) is 0.815. The number of hydrogen-bond acceptors (Lipinski definition) is 4. The molecule has 0 unspecified atom stereocenters. The fraction of sp³-hybridized carbons (Fsp3) is 0.562. The molecule has 1 aromatic rings. The molecule has 0 saturated carbocycles.